The van der Waals surface area contributed by atoms with Crippen molar-refractivity contribution < 1.29 is 0 Å². The zero-order chi connectivity index (χ0) is 12.6. The van der Waals surface area contributed by atoms with Gasteiger partial charge >= 0.3 is 0 Å². The van der Waals surface area contributed by atoms with E-state index in [2.05, 4.69) is 31.9 Å². The van der Waals surface area contributed by atoms with Crippen LogP contribution in [0.25, 0.3) is 0 Å². The lowest BCUT2D eigenvalue weighted by molar-refractivity contribution is -0.0509. The van der Waals surface area contributed by atoms with Gasteiger partial charge in [0.25, 0.3) is 0 Å². The molecule has 1 saturated heterocycles. The van der Waals surface area contributed by atoms with E-state index in [4.69, 9.17) is 0 Å². The first kappa shape index (κ1) is 13.1. The van der Waals surface area contributed by atoms with Gasteiger partial charge in [0.05, 0.1) is 0 Å². The number of piperidine rings is 1. The van der Waals surface area contributed by atoms with Crippen molar-refractivity contribution in [1.82, 2.24) is 4.90 Å². The Balaban J connectivity index is 0.000000514. The standard InChI is InChI=1S/C14H23N.C2H6/c1-10-8-11(2)14(9-10)6-7-15(3)13-5-4-12(13)14;1-2/h8,10,12-13H,4-7,9H2,1-3H3;1-2H3. The van der Waals surface area contributed by atoms with E-state index in [0.29, 0.717) is 5.41 Å². The molecule has 98 valence electrons. The van der Waals surface area contributed by atoms with Crippen molar-refractivity contribution in [2.45, 2.75) is 59.4 Å². The first-order chi connectivity index (χ1) is 8.13. The van der Waals surface area contributed by atoms with E-state index in [0.717, 1.165) is 17.9 Å². The Hall–Kier alpha value is -0.300. The number of hydrogen-bond acceptors (Lipinski definition) is 1. The van der Waals surface area contributed by atoms with Gasteiger partial charge in [-0.2, -0.15) is 0 Å². The number of hydrogen-bond donors (Lipinski definition) is 0. The second kappa shape index (κ2) is 4.76. The Morgan fingerprint density at radius 3 is 2.47 bits per heavy atom. The van der Waals surface area contributed by atoms with E-state index in [1.165, 1.54) is 32.2 Å². The molecule has 0 bridgehead atoms. The highest BCUT2D eigenvalue weighted by Gasteiger charge is 2.54. The summed E-state index contributed by atoms with van der Waals surface area (Å²) in [7, 11) is 2.32. The van der Waals surface area contributed by atoms with Crippen LogP contribution in [0.5, 0.6) is 0 Å². The topological polar surface area (TPSA) is 3.24 Å². The molecule has 17 heavy (non-hydrogen) atoms. The number of rotatable bonds is 0. The van der Waals surface area contributed by atoms with Gasteiger partial charge in [-0.05, 0) is 63.5 Å². The predicted molar refractivity (Wildman–Crippen MR) is 75.1 cm³/mol. The van der Waals surface area contributed by atoms with Crippen LogP contribution in [0.2, 0.25) is 0 Å². The van der Waals surface area contributed by atoms with E-state index in [-0.39, 0.29) is 0 Å². The van der Waals surface area contributed by atoms with Gasteiger partial charge in [0.15, 0.2) is 0 Å². The van der Waals surface area contributed by atoms with Crippen LogP contribution in [-0.4, -0.2) is 24.5 Å². The fraction of sp³-hybridized carbons (Fsp3) is 0.875. The molecule has 0 amide bonds. The number of nitrogens with zero attached hydrogens (tertiary/aromatic N) is 1. The summed E-state index contributed by atoms with van der Waals surface area (Å²) < 4.78 is 0. The first-order valence-corrected chi connectivity index (χ1v) is 7.52. The molecule has 3 aliphatic rings. The number of fused-ring (bicyclic) bond motifs is 2. The van der Waals surface area contributed by atoms with Gasteiger partial charge in [0.2, 0.25) is 0 Å². The van der Waals surface area contributed by atoms with Crippen LogP contribution < -0.4 is 0 Å². The summed E-state index contributed by atoms with van der Waals surface area (Å²) in [5.41, 5.74) is 2.34. The van der Waals surface area contributed by atoms with Crippen molar-refractivity contribution in [3.05, 3.63) is 11.6 Å². The fourth-order valence-corrected chi connectivity index (χ4v) is 4.51. The van der Waals surface area contributed by atoms with Crippen molar-refractivity contribution in [3.8, 4) is 0 Å². The average Bonchev–Trinajstić information content (AvgIpc) is 2.51. The van der Waals surface area contributed by atoms with Crippen molar-refractivity contribution >= 4 is 0 Å². The van der Waals surface area contributed by atoms with Crippen LogP contribution in [0, 0.1) is 17.3 Å². The molecular weight excluding hydrogens is 206 g/mol. The normalized spacial score (nSPS) is 44.5. The Morgan fingerprint density at radius 1 is 1.29 bits per heavy atom. The van der Waals surface area contributed by atoms with Crippen molar-refractivity contribution in [2.75, 3.05) is 13.6 Å². The minimum atomic E-state index is 0.620. The van der Waals surface area contributed by atoms with Crippen LogP contribution in [0.15, 0.2) is 11.6 Å². The lowest BCUT2D eigenvalue weighted by Crippen LogP contribution is -2.58. The molecule has 1 spiro atoms. The highest BCUT2D eigenvalue weighted by atomic mass is 15.2. The van der Waals surface area contributed by atoms with E-state index in [1.807, 2.05) is 13.8 Å². The highest BCUT2D eigenvalue weighted by Crippen LogP contribution is 2.59. The number of allylic oxidation sites excluding steroid dienone is 2. The Bertz CT molecular complexity index is 307. The van der Waals surface area contributed by atoms with Crippen molar-refractivity contribution in [2.24, 2.45) is 17.3 Å². The van der Waals surface area contributed by atoms with Crippen LogP contribution in [-0.2, 0) is 0 Å². The largest absolute Gasteiger partial charge is 0.303 e. The van der Waals surface area contributed by atoms with Gasteiger partial charge in [-0.15, -0.1) is 0 Å². The van der Waals surface area contributed by atoms with Gasteiger partial charge < -0.3 is 4.90 Å². The molecule has 3 rings (SSSR count). The van der Waals surface area contributed by atoms with Crippen molar-refractivity contribution in [3.63, 3.8) is 0 Å². The molecule has 1 heteroatoms. The van der Waals surface area contributed by atoms with Gasteiger partial charge in [0, 0.05) is 6.04 Å². The molecule has 2 aliphatic carbocycles. The molecule has 0 radical (unpaired) electrons. The fourth-order valence-electron chi connectivity index (χ4n) is 4.51. The predicted octanol–water partition coefficient (Wildman–Crippen LogP) is 4.10. The third-order valence-electron chi connectivity index (χ3n) is 5.43. The maximum absolute atomic E-state index is 2.61. The second-order valence-electron chi connectivity index (χ2n) is 6.17. The quantitative estimate of drug-likeness (QED) is 0.571. The third kappa shape index (κ3) is 1.87. The highest BCUT2D eigenvalue weighted by molar-refractivity contribution is 5.26. The van der Waals surface area contributed by atoms with Crippen LogP contribution >= 0.6 is 0 Å². The zero-order valence-electron chi connectivity index (χ0n) is 12.3. The van der Waals surface area contributed by atoms with Crippen LogP contribution in [0.3, 0.4) is 0 Å². The van der Waals surface area contributed by atoms with Gasteiger partial charge in [0.1, 0.15) is 0 Å². The molecule has 2 fully saturated rings. The average molecular weight is 235 g/mol. The first-order valence-electron chi connectivity index (χ1n) is 7.52. The molecule has 1 aliphatic heterocycles. The monoisotopic (exact) mass is 235 g/mol. The summed E-state index contributed by atoms with van der Waals surface area (Å²) in [4.78, 5) is 2.61. The summed E-state index contributed by atoms with van der Waals surface area (Å²) in [5.74, 6) is 1.81. The molecule has 4 atom stereocenters. The van der Waals surface area contributed by atoms with Crippen molar-refractivity contribution in [1.29, 1.82) is 0 Å². The summed E-state index contributed by atoms with van der Waals surface area (Å²) in [6, 6.07) is 0.910. The summed E-state index contributed by atoms with van der Waals surface area (Å²) in [5, 5.41) is 0. The lowest BCUT2D eigenvalue weighted by atomic mass is 9.55. The molecule has 0 N–H and O–H groups in total. The lowest BCUT2D eigenvalue weighted by Gasteiger charge is -2.57. The molecule has 4 unspecified atom stereocenters. The molecule has 1 heterocycles. The summed E-state index contributed by atoms with van der Waals surface area (Å²) in [6.07, 6.45) is 8.32. The van der Waals surface area contributed by atoms with E-state index in [9.17, 15) is 0 Å². The second-order valence-corrected chi connectivity index (χ2v) is 6.17. The smallest absolute Gasteiger partial charge is 0.0129 e. The van der Waals surface area contributed by atoms with Gasteiger partial charge in [-0.25, -0.2) is 0 Å². The van der Waals surface area contributed by atoms with Gasteiger partial charge in [-0.3, -0.25) is 0 Å². The Morgan fingerprint density at radius 2 is 2.00 bits per heavy atom. The third-order valence-corrected chi connectivity index (χ3v) is 5.43. The number of likely N-dealkylation sites (tertiary alicyclic amines) is 1. The summed E-state index contributed by atoms with van der Waals surface area (Å²) >= 11 is 0. The van der Waals surface area contributed by atoms with Crippen LogP contribution in [0.4, 0.5) is 0 Å². The molecule has 0 aromatic rings. The minimum absolute atomic E-state index is 0.620. The molecule has 0 aromatic carbocycles. The maximum Gasteiger partial charge on any atom is 0.0129 e. The SMILES string of the molecule is CC.CC1=CC(C)CC12CCN(C)C1CCC12. The van der Waals surface area contributed by atoms with E-state index < -0.39 is 0 Å². The Kier molecular flexibility index (Phi) is 3.68. The van der Waals surface area contributed by atoms with E-state index >= 15 is 0 Å². The van der Waals surface area contributed by atoms with Crippen LogP contribution in [0.1, 0.15) is 53.4 Å². The Labute approximate surface area is 107 Å². The summed E-state index contributed by atoms with van der Waals surface area (Å²) in [6.45, 7) is 10.1. The molecule has 1 saturated carbocycles. The minimum Gasteiger partial charge on any atom is -0.303 e. The maximum atomic E-state index is 2.61. The van der Waals surface area contributed by atoms with Gasteiger partial charge in [-0.1, -0.05) is 32.4 Å². The molecular formula is C16H29N. The molecule has 1 nitrogen and oxygen atoms in total. The van der Waals surface area contributed by atoms with E-state index in [1.54, 1.807) is 5.57 Å². The zero-order valence-corrected chi connectivity index (χ0v) is 12.3. The molecule has 0 aromatic heterocycles.